The Balaban J connectivity index is 1.80. The van der Waals surface area contributed by atoms with Gasteiger partial charge in [-0.05, 0) is 47.4 Å². The Morgan fingerprint density at radius 3 is 2.40 bits per heavy atom. The average Bonchev–Trinajstić information content (AvgIpc) is 2.49. The summed E-state index contributed by atoms with van der Waals surface area (Å²) in [5, 5.41) is 4.19. The minimum absolute atomic E-state index is 0.196. The topological polar surface area (TPSA) is 12.0 Å². The molecular formula is C17H15ClFN. The third-order valence-corrected chi connectivity index (χ3v) is 3.88. The smallest absolute Gasteiger partial charge is 0.123 e. The largest absolute Gasteiger partial charge is 0.306 e. The van der Waals surface area contributed by atoms with Crippen molar-refractivity contribution in [3.05, 3.63) is 76.6 Å². The van der Waals surface area contributed by atoms with E-state index in [0.717, 1.165) is 23.6 Å². The minimum Gasteiger partial charge on any atom is -0.306 e. The van der Waals surface area contributed by atoms with Crippen LogP contribution in [-0.4, -0.2) is 6.54 Å². The molecule has 0 spiro atoms. The molecule has 1 N–H and O–H groups in total. The quantitative estimate of drug-likeness (QED) is 0.851. The van der Waals surface area contributed by atoms with Crippen LogP contribution in [0.5, 0.6) is 0 Å². The second kappa shape index (κ2) is 5.78. The summed E-state index contributed by atoms with van der Waals surface area (Å²) in [4.78, 5) is 0. The highest BCUT2D eigenvalue weighted by molar-refractivity contribution is 6.30. The van der Waals surface area contributed by atoms with Gasteiger partial charge < -0.3 is 5.32 Å². The van der Waals surface area contributed by atoms with Gasteiger partial charge in [0.25, 0.3) is 0 Å². The SMILES string of the molecule is Fc1ccc(C2CC(c3ccc(Cl)cc3)=CCN2)cc1. The molecule has 1 unspecified atom stereocenters. The number of nitrogens with one attached hydrogen (secondary N) is 1. The minimum atomic E-state index is -0.196. The molecule has 0 bridgehead atoms. The van der Waals surface area contributed by atoms with Crippen molar-refractivity contribution in [3.8, 4) is 0 Å². The Kier molecular flexibility index (Phi) is 3.86. The molecule has 2 aromatic carbocycles. The molecule has 0 radical (unpaired) electrons. The number of halogens is 2. The van der Waals surface area contributed by atoms with E-state index in [-0.39, 0.29) is 11.9 Å². The summed E-state index contributed by atoms with van der Waals surface area (Å²) < 4.78 is 13.0. The fraction of sp³-hybridized carbons (Fsp3) is 0.176. The molecule has 1 aliphatic rings. The van der Waals surface area contributed by atoms with Crippen molar-refractivity contribution in [2.75, 3.05) is 6.54 Å². The number of rotatable bonds is 2. The van der Waals surface area contributed by atoms with Gasteiger partial charge in [-0.15, -0.1) is 0 Å². The molecule has 0 amide bonds. The summed E-state index contributed by atoms with van der Waals surface area (Å²) >= 11 is 5.92. The Hall–Kier alpha value is -1.64. The summed E-state index contributed by atoms with van der Waals surface area (Å²) in [6, 6.07) is 14.8. The van der Waals surface area contributed by atoms with Crippen LogP contribution in [0.25, 0.3) is 5.57 Å². The van der Waals surface area contributed by atoms with Crippen LogP contribution in [0.2, 0.25) is 5.02 Å². The van der Waals surface area contributed by atoms with Crippen molar-refractivity contribution < 1.29 is 4.39 Å². The molecule has 0 saturated heterocycles. The van der Waals surface area contributed by atoms with E-state index in [2.05, 4.69) is 11.4 Å². The third-order valence-electron chi connectivity index (χ3n) is 3.62. The summed E-state index contributed by atoms with van der Waals surface area (Å²) in [7, 11) is 0. The van der Waals surface area contributed by atoms with Crippen LogP contribution in [0.15, 0.2) is 54.6 Å². The Bertz CT molecular complexity index is 616. The van der Waals surface area contributed by atoms with Gasteiger partial charge in [-0.2, -0.15) is 0 Å². The van der Waals surface area contributed by atoms with E-state index in [9.17, 15) is 4.39 Å². The fourth-order valence-electron chi connectivity index (χ4n) is 2.53. The highest BCUT2D eigenvalue weighted by Gasteiger charge is 2.17. The number of hydrogen-bond donors (Lipinski definition) is 1. The summed E-state index contributed by atoms with van der Waals surface area (Å²) in [5.41, 5.74) is 3.61. The first-order valence-corrected chi connectivity index (χ1v) is 7.04. The second-order valence-electron chi connectivity index (χ2n) is 4.95. The van der Waals surface area contributed by atoms with Crippen LogP contribution in [0.3, 0.4) is 0 Å². The number of hydrogen-bond acceptors (Lipinski definition) is 1. The van der Waals surface area contributed by atoms with Crippen molar-refractivity contribution in [3.63, 3.8) is 0 Å². The highest BCUT2D eigenvalue weighted by Crippen LogP contribution is 2.30. The summed E-state index contributed by atoms with van der Waals surface area (Å²) in [6.45, 7) is 0.819. The van der Waals surface area contributed by atoms with Crippen LogP contribution >= 0.6 is 11.6 Å². The lowest BCUT2D eigenvalue weighted by Gasteiger charge is -2.25. The zero-order valence-corrected chi connectivity index (χ0v) is 11.7. The molecule has 0 aromatic heterocycles. The van der Waals surface area contributed by atoms with Crippen LogP contribution in [0.4, 0.5) is 4.39 Å². The van der Waals surface area contributed by atoms with Gasteiger partial charge >= 0.3 is 0 Å². The van der Waals surface area contributed by atoms with Gasteiger partial charge in [-0.25, -0.2) is 4.39 Å². The lowest BCUT2D eigenvalue weighted by Crippen LogP contribution is -2.25. The zero-order chi connectivity index (χ0) is 13.9. The lowest BCUT2D eigenvalue weighted by molar-refractivity contribution is 0.560. The Morgan fingerprint density at radius 1 is 1.00 bits per heavy atom. The maximum Gasteiger partial charge on any atom is 0.123 e. The van der Waals surface area contributed by atoms with Gasteiger partial charge in [0, 0.05) is 17.6 Å². The molecule has 0 aliphatic carbocycles. The molecule has 1 heterocycles. The van der Waals surface area contributed by atoms with E-state index >= 15 is 0 Å². The second-order valence-corrected chi connectivity index (χ2v) is 5.39. The molecule has 0 fully saturated rings. The zero-order valence-electron chi connectivity index (χ0n) is 10.9. The van der Waals surface area contributed by atoms with E-state index in [4.69, 9.17) is 11.6 Å². The van der Waals surface area contributed by atoms with Crippen LogP contribution in [-0.2, 0) is 0 Å². The van der Waals surface area contributed by atoms with Gasteiger partial charge in [0.05, 0.1) is 0 Å². The molecule has 1 aliphatic heterocycles. The van der Waals surface area contributed by atoms with Crippen LogP contribution in [0, 0.1) is 5.82 Å². The Morgan fingerprint density at radius 2 is 1.70 bits per heavy atom. The maximum absolute atomic E-state index is 13.0. The molecule has 0 saturated carbocycles. The standard InChI is InChI=1S/C17H15ClFN/c18-15-5-1-12(2-6-15)14-9-10-20-17(11-14)13-3-7-16(19)8-4-13/h1-9,17,20H,10-11H2. The summed E-state index contributed by atoms with van der Waals surface area (Å²) in [5.74, 6) is -0.196. The monoisotopic (exact) mass is 287 g/mol. The lowest BCUT2D eigenvalue weighted by atomic mass is 9.91. The predicted molar refractivity (Wildman–Crippen MR) is 81.2 cm³/mol. The number of benzene rings is 2. The fourth-order valence-corrected chi connectivity index (χ4v) is 2.66. The molecule has 2 aromatic rings. The molecular weight excluding hydrogens is 273 g/mol. The molecule has 102 valence electrons. The normalized spacial score (nSPS) is 18.7. The first-order chi connectivity index (χ1) is 9.72. The maximum atomic E-state index is 13.0. The first-order valence-electron chi connectivity index (χ1n) is 6.66. The van der Waals surface area contributed by atoms with Crippen molar-refractivity contribution in [2.45, 2.75) is 12.5 Å². The van der Waals surface area contributed by atoms with Crippen molar-refractivity contribution in [1.29, 1.82) is 0 Å². The van der Waals surface area contributed by atoms with Gasteiger partial charge in [0.1, 0.15) is 5.82 Å². The van der Waals surface area contributed by atoms with E-state index in [1.165, 1.54) is 23.3 Å². The Labute approximate surface area is 123 Å². The highest BCUT2D eigenvalue weighted by atomic mass is 35.5. The van der Waals surface area contributed by atoms with E-state index in [1.807, 2.05) is 36.4 Å². The summed E-state index contributed by atoms with van der Waals surface area (Å²) in [6.07, 6.45) is 3.09. The van der Waals surface area contributed by atoms with Crippen molar-refractivity contribution in [1.82, 2.24) is 5.32 Å². The van der Waals surface area contributed by atoms with Crippen molar-refractivity contribution in [2.24, 2.45) is 0 Å². The third kappa shape index (κ3) is 2.92. The van der Waals surface area contributed by atoms with Crippen LogP contribution < -0.4 is 5.32 Å². The molecule has 1 atom stereocenters. The van der Waals surface area contributed by atoms with Crippen molar-refractivity contribution >= 4 is 17.2 Å². The molecule has 20 heavy (non-hydrogen) atoms. The average molecular weight is 288 g/mol. The van der Waals surface area contributed by atoms with Gasteiger partial charge in [-0.1, -0.05) is 41.9 Å². The molecule has 3 heteroatoms. The van der Waals surface area contributed by atoms with E-state index in [1.54, 1.807) is 0 Å². The van der Waals surface area contributed by atoms with Crippen LogP contribution in [0.1, 0.15) is 23.6 Å². The first kappa shape index (κ1) is 13.3. The van der Waals surface area contributed by atoms with E-state index < -0.39 is 0 Å². The van der Waals surface area contributed by atoms with Gasteiger partial charge in [-0.3, -0.25) is 0 Å². The van der Waals surface area contributed by atoms with Gasteiger partial charge in [0.15, 0.2) is 0 Å². The molecule has 1 nitrogen and oxygen atoms in total. The molecule has 3 rings (SSSR count). The van der Waals surface area contributed by atoms with Gasteiger partial charge in [0.2, 0.25) is 0 Å². The predicted octanol–water partition coefficient (Wildman–Crippen LogP) is 4.60. The van der Waals surface area contributed by atoms with E-state index in [0.29, 0.717) is 0 Å².